The van der Waals surface area contributed by atoms with E-state index in [0.717, 1.165) is 18.4 Å². The lowest BCUT2D eigenvalue weighted by Crippen LogP contribution is -2.38. The van der Waals surface area contributed by atoms with Crippen molar-refractivity contribution in [1.82, 2.24) is 24.6 Å². The summed E-state index contributed by atoms with van der Waals surface area (Å²) in [5.41, 5.74) is 1.98. The molecule has 1 aliphatic rings. The molecule has 1 aliphatic heterocycles. The van der Waals surface area contributed by atoms with Crippen molar-refractivity contribution < 1.29 is 4.79 Å². The summed E-state index contributed by atoms with van der Waals surface area (Å²) in [5, 5.41) is 10.3. The summed E-state index contributed by atoms with van der Waals surface area (Å²) >= 11 is 5.19. The third-order valence-corrected chi connectivity index (χ3v) is 5.72. The van der Waals surface area contributed by atoms with E-state index < -0.39 is 0 Å². The lowest BCUT2D eigenvalue weighted by Gasteiger charge is -2.27. The molecule has 1 N–H and O–H groups in total. The van der Waals surface area contributed by atoms with Gasteiger partial charge in [0.05, 0.1) is 11.9 Å². The number of hydrogen-bond acceptors (Lipinski definition) is 6. The molecule has 24 heavy (non-hydrogen) atoms. The lowest BCUT2D eigenvalue weighted by atomic mass is 10.1. The van der Waals surface area contributed by atoms with Crippen molar-refractivity contribution in [3.63, 3.8) is 0 Å². The van der Waals surface area contributed by atoms with Gasteiger partial charge in [0.1, 0.15) is 16.7 Å². The molecular weight excluding hydrogens is 392 g/mol. The fraction of sp³-hybridized carbons (Fsp3) is 0.333. The highest BCUT2D eigenvalue weighted by Gasteiger charge is 2.22. The van der Waals surface area contributed by atoms with Crippen molar-refractivity contribution >= 4 is 50.0 Å². The molecule has 9 heteroatoms. The van der Waals surface area contributed by atoms with Crippen LogP contribution in [0.4, 0.5) is 5.82 Å². The van der Waals surface area contributed by atoms with Crippen LogP contribution in [0.3, 0.4) is 0 Å². The summed E-state index contributed by atoms with van der Waals surface area (Å²) in [6.45, 7) is 1.66. The molecule has 4 rings (SSSR count). The Bertz CT molecular complexity index is 920. The molecule has 7 nitrogen and oxygen atoms in total. The number of nitrogens with zero attached hydrogens (tertiary/aromatic N) is 5. The first-order chi connectivity index (χ1) is 11.6. The van der Waals surface area contributed by atoms with E-state index >= 15 is 0 Å². The summed E-state index contributed by atoms with van der Waals surface area (Å²) in [7, 11) is 1.82. The zero-order valence-corrected chi connectivity index (χ0v) is 15.4. The fourth-order valence-electron chi connectivity index (χ4n) is 2.91. The molecule has 0 spiro atoms. The molecule has 124 valence electrons. The number of carbonyl (C=O) groups is 1. The highest BCUT2D eigenvalue weighted by atomic mass is 79.9. The van der Waals surface area contributed by atoms with Gasteiger partial charge >= 0.3 is 0 Å². The van der Waals surface area contributed by atoms with Crippen molar-refractivity contribution in [3.8, 4) is 0 Å². The zero-order valence-electron chi connectivity index (χ0n) is 13.0. The van der Waals surface area contributed by atoms with Crippen molar-refractivity contribution in [2.24, 2.45) is 7.05 Å². The quantitative estimate of drug-likeness (QED) is 0.721. The Balaban J connectivity index is 1.49. The number of aromatic nitrogens is 4. The van der Waals surface area contributed by atoms with Gasteiger partial charge < -0.3 is 10.2 Å². The highest BCUT2D eigenvalue weighted by Crippen LogP contribution is 2.27. The Morgan fingerprint density at radius 2 is 2.33 bits per heavy atom. The Labute approximate surface area is 150 Å². The van der Waals surface area contributed by atoms with E-state index in [1.54, 1.807) is 16.0 Å². The highest BCUT2D eigenvalue weighted by molar-refractivity contribution is 9.10. The van der Waals surface area contributed by atoms with Gasteiger partial charge in [-0.2, -0.15) is 5.10 Å². The van der Waals surface area contributed by atoms with Gasteiger partial charge in [-0.25, -0.2) is 14.6 Å². The predicted octanol–water partition coefficient (Wildman–Crippen LogP) is 2.18. The normalized spacial score (nSPS) is 14.0. The van der Waals surface area contributed by atoms with Crippen LogP contribution in [0.2, 0.25) is 0 Å². The van der Waals surface area contributed by atoms with Crippen molar-refractivity contribution in [2.75, 3.05) is 18.4 Å². The maximum atomic E-state index is 12.5. The minimum Gasteiger partial charge on any atom is -0.360 e. The maximum Gasteiger partial charge on any atom is 0.242 e. The number of halogens is 1. The molecule has 0 aromatic carbocycles. The first-order valence-electron chi connectivity index (χ1n) is 7.53. The fourth-order valence-corrected chi connectivity index (χ4v) is 4.40. The second kappa shape index (κ2) is 6.14. The van der Waals surface area contributed by atoms with E-state index in [9.17, 15) is 4.79 Å². The van der Waals surface area contributed by atoms with Gasteiger partial charge in [-0.1, -0.05) is 0 Å². The monoisotopic (exact) mass is 406 g/mol. The van der Waals surface area contributed by atoms with Gasteiger partial charge in [-0.15, -0.1) is 11.3 Å². The molecule has 0 aliphatic carbocycles. The van der Waals surface area contributed by atoms with Crippen LogP contribution in [0.25, 0.3) is 11.0 Å². The molecule has 3 aromatic rings. The molecule has 0 fully saturated rings. The molecule has 1 amide bonds. The van der Waals surface area contributed by atoms with E-state index in [2.05, 4.69) is 47.8 Å². The van der Waals surface area contributed by atoms with Gasteiger partial charge in [0.25, 0.3) is 0 Å². The van der Waals surface area contributed by atoms with Gasteiger partial charge in [-0.05, 0) is 39.4 Å². The van der Waals surface area contributed by atoms with Crippen LogP contribution in [0.5, 0.6) is 0 Å². The largest absolute Gasteiger partial charge is 0.360 e. The zero-order chi connectivity index (χ0) is 16.7. The van der Waals surface area contributed by atoms with Crippen molar-refractivity contribution in [3.05, 3.63) is 32.8 Å². The minimum absolute atomic E-state index is 0.0682. The van der Waals surface area contributed by atoms with E-state index in [1.165, 1.54) is 16.8 Å². The predicted molar refractivity (Wildman–Crippen MR) is 95.9 cm³/mol. The van der Waals surface area contributed by atoms with Crippen LogP contribution in [0.1, 0.15) is 10.4 Å². The molecule has 4 heterocycles. The van der Waals surface area contributed by atoms with Gasteiger partial charge in [0, 0.05) is 25.0 Å². The van der Waals surface area contributed by atoms with Crippen LogP contribution >= 0.6 is 27.3 Å². The average Bonchev–Trinajstić information content (AvgIpc) is 3.17. The third-order valence-electron chi connectivity index (χ3n) is 4.15. The Morgan fingerprint density at radius 1 is 1.46 bits per heavy atom. The van der Waals surface area contributed by atoms with Crippen LogP contribution < -0.4 is 5.32 Å². The minimum atomic E-state index is 0.0682. The van der Waals surface area contributed by atoms with Crippen LogP contribution in [-0.2, 0) is 24.8 Å². The standard InChI is InChI=1S/C15H15BrN6OS/c1-21-15-12(13(16)20-21)14(18-8-19-15)17-6-11(23)22-4-2-10-9(7-22)3-5-24-10/h3,5,8H,2,4,6-7H2,1H3,(H,17,18,19). The van der Waals surface area contributed by atoms with E-state index in [-0.39, 0.29) is 12.5 Å². The third kappa shape index (κ3) is 2.67. The Morgan fingerprint density at radius 3 is 3.21 bits per heavy atom. The summed E-state index contributed by atoms with van der Waals surface area (Å²) < 4.78 is 2.34. The van der Waals surface area contributed by atoms with Crippen LogP contribution in [0.15, 0.2) is 22.4 Å². The van der Waals surface area contributed by atoms with Gasteiger partial charge in [0.15, 0.2) is 5.65 Å². The first-order valence-corrected chi connectivity index (χ1v) is 9.21. The number of rotatable bonds is 3. The molecule has 0 radical (unpaired) electrons. The summed E-state index contributed by atoms with van der Waals surface area (Å²) in [4.78, 5) is 24.3. The second-order valence-electron chi connectivity index (χ2n) is 5.62. The van der Waals surface area contributed by atoms with Gasteiger partial charge in [0.2, 0.25) is 5.91 Å². The van der Waals surface area contributed by atoms with E-state index in [1.807, 2.05) is 11.9 Å². The summed E-state index contributed by atoms with van der Waals surface area (Å²) in [5.74, 6) is 0.681. The number of anilines is 1. The summed E-state index contributed by atoms with van der Waals surface area (Å²) in [6, 6.07) is 2.10. The number of amides is 1. The number of carbonyl (C=O) groups excluding carboxylic acids is 1. The second-order valence-corrected chi connectivity index (χ2v) is 7.37. The number of hydrogen-bond donors (Lipinski definition) is 1. The molecular formula is C15H15BrN6OS. The number of thiophene rings is 1. The Kier molecular flexibility index (Phi) is 3.97. The van der Waals surface area contributed by atoms with Crippen molar-refractivity contribution in [1.29, 1.82) is 0 Å². The van der Waals surface area contributed by atoms with E-state index in [4.69, 9.17) is 0 Å². The van der Waals surface area contributed by atoms with Crippen LogP contribution in [-0.4, -0.2) is 43.6 Å². The van der Waals surface area contributed by atoms with Gasteiger partial charge in [-0.3, -0.25) is 4.79 Å². The molecule has 0 saturated carbocycles. The SMILES string of the molecule is Cn1nc(Br)c2c(NCC(=O)N3CCc4sccc4C3)ncnc21. The summed E-state index contributed by atoms with van der Waals surface area (Å²) in [6.07, 6.45) is 2.41. The molecule has 3 aromatic heterocycles. The number of aryl methyl sites for hydroxylation is 1. The smallest absolute Gasteiger partial charge is 0.242 e. The van der Waals surface area contributed by atoms with E-state index in [0.29, 0.717) is 22.6 Å². The number of nitrogens with one attached hydrogen (secondary N) is 1. The molecule has 0 unspecified atom stereocenters. The Hall–Kier alpha value is -2.00. The maximum absolute atomic E-state index is 12.5. The number of fused-ring (bicyclic) bond motifs is 2. The lowest BCUT2D eigenvalue weighted by molar-refractivity contribution is -0.130. The van der Waals surface area contributed by atoms with Crippen LogP contribution in [0, 0.1) is 0 Å². The average molecular weight is 407 g/mol. The van der Waals surface area contributed by atoms with Crippen molar-refractivity contribution in [2.45, 2.75) is 13.0 Å². The first kappa shape index (κ1) is 15.5. The topological polar surface area (TPSA) is 75.9 Å². The molecule has 0 atom stereocenters. The molecule has 0 bridgehead atoms. The molecule has 0 saturated heterocycles.